The van der Waals surface area contributed by atoms with Gasteiger partial charge in [-0.2, -0.15) is 0 Å². The van der Waals surface area contributed by atoms with Crippen LogP contribution < -0.4 is 0 Å². The Balaban J connectivity index is 1.38. The first-order valence-electron chi connectivity index (χ1n) is 10.6. The molecule has 0 radical (unpaired) electrons. The Morgan fingerprint density at radius 1 is 0.625 bits per heavy atom. The molecule has 0 aromatic heterocycles. The molecule has 6 aliphatic carbocycles. The minimum atomic E-state index is -0.0293. The SMILES string of the molecule is S=C1OC2(CC3CCC4CCC2[C@@H]43)[C@@]2(CC3CCC4CCC2[C@H]43)O1. The van der Waals surface area contributed by atoms with E-state index >= 15 is 0 Å². The van der Waals surface area contributed by atoms with Crippen LogP contribution in [0.15, 0.2) is 0 Å². The van der Waals surface area contributed by atoms with Crippen LogP contribution in [-0.4, -0.2) is 16.4 Å². The van der Waals surface area contributed by atoms with Crippen molar-refractivity contribution in [2.75, 3.05) is 0 Å². The Morgan fingerprint density at radius 3 is 1.54 bits per heavy atom. The Labute approximate surface area is 150 Å². The van der Waals surface area contributed by atoms with Crippen LogP contribution >= 0.6 is 12.2 Å². The van der Waals surface area contributed by atoms with Crippen LogP contribution in [-0.2, 0) is 9.47 Å². The fraction of sp³-hybridized carbons (Fsp3) is 0.952. The van der Waals surface area contributed by atoms with Crippen molar-refractivity contribution in [3.8, 4) is 0 Å². The monoisotopic (exact) mass is 344 g/mol. The molecule has 7 aliphatic rings. The van der Waals surface area contributed by atoms with E-state index in [0.717, 1.165) is 47.3 Å². The normalized spacial score (nSPS) is 64.9. The van der Waals surface area contributed by atoms with Crippen molar-refractivity contribution >= 4 is 17.5 Å². The molecule has 0 N–H and O–H groups in total. The molecule has 130 valence electrons. The molecule has 1 aliphatic heterocycles. The fourth-order valence-electron chi connectivity index (χ4n) is 9.90. The molecule has 0 amide bonds. The molecule has 7 fully saturated rings. The average Bonchev–Trinajstić information content (AvgIpc) is 3.32. The van der Waals surface area contributed by atoms with Gasteiger partial charge in [0.05, 0.1) is 0 Å². The van der Waals surface area contributed by atoms with Gasteiger partial charge in [0.2, 0.25) is 0 Å². The van der Waals surface area contributed by atoms with Gasteiger partial charge in [0, 0.05) is 24.1 Å². The summed E-state index contributed by atoms with van der Waals surface area (Å²) >= 11 is 5.59. The maximum Gasteiger partial charge on any atom is 0.353 e. The van der Waals surface area contributed by atoms with Gasteiger partial charge >= 0.3 is 5.24 Å². The number of hydrogen-bond donors (Lipinski definition) is 0. The standard InChI is InChI=1S/C21H28O2S/c24-19-22-20(9-13-3-1-11-5-7-15(20)17(11)13)21(23-19)10-14-4-2-12-6-8-16(21)18(12)14/h11-18H,1-10H2/t11?,12?,13?,14?,15?,16?,17-,18+,20+,21?/m1/s1. The van der Waals surface area contributed by atoms with Gasteiger partial charge in [-0.15, -0.1) is 0 Å². The van der Waals surface area contributed by atoms with Crippen LogP contribution in [0.3, 0.4) is 0 Å². The van der Waals surface area contributed by atoms with E-state index in [1.54, 1.807) is 0 Å². The van der Waals surface area contributed by atoms with E-state index in [4.69, 9.17) is 21.7 Å². The summed E-state index contributed by atoms with van der Waals surface area (Å²) in [4.78, 5) is 0. The molecule has 24 heavy (non-hydrogen) atoms. The van der Waals surface area contributed by atoms with Gasteiger partial charge in [-0.05, 0) is 99.7 Å². The molecular weight excluding hydrogens is 316 g/mol. The first-order chi connectivity index (χ1) is 11.7. The van der Waals surface area contributed by atoms with E-state index in [-0.39, 0.29) is 11.2 Å². The molecule has 2 spiro atoms. The molecule has 7 unspecified atom stereocenters. The number of fused-ring (bicyclic) bond motifs is 3. The first kappa shape index (κ1) is 13.8. The van der Waals surface area contributed by atoms with Crippen molar-refractivity contribution in [2.45, 2.75) is 75.4 Å². The number of ether oxygens (including phenoxy) is 2. The second-order valence-corrected chi connectivity index (χ2v) is 10.7. The van der Waals surface area contributed by atoms with E-state index in [1.807, 2.05) is 0 Å². The lowest BCUT2D eigenvalue weighted by Crippen LogP contribution is -2.57. The highest BCUT2D eigenvalue weighted by Crippen LogP contribution is 2.74. The van der Waals surface area contributed by atoms with Crippen molar-refractivity contribution in [2.24, 2.45) is 47.3 Å². The summed E-state index contributed by atoms with van der Waals surface area (Å²) in [5, 5.41) is 0.516. The van der Waals surface area contributed by atoms with E-state index in [9.17, 15) is 0 Å². The van der Waals surface area contributed by atoms with Crippen LogP contribution in [0, 0.1) is 47.3 Å². The van der Waals surface area contributed by atoms with Gasteiger partial charge in [0.25, 0.3) is 0 Å². The van der Waals surface area contributed by atoms with E-state index < -0.39 is 0 Å². The molecule has 7 rings (SSSR count). The van der Waals surface area contributed by atoms with Crippen LogP contribution in [0.4, 0.5) is 0 Å². The summed E-state index contributed by atoms with van der Waals surface area (Å²) in [6.07, 6.45) is 14.0. The first-order valence-corrected chi connectivity index (χ1v) is 11.0. The highest BCUT2D eigenvalue weighted by molar-refractivity contribution is 7.79. The van der Waals surface area contributed by atoms with Gasteiger partial charge in [0.1, 0.15) is 0 Å². The number of rotatable bonds is 0. The summed E-state index contributed by atoms with van der Waals surface area (Å²) in [5.41, 5.74) is -0.0586. The molecule has 10 atom stereocenters. The number of thiocarbonyl (C=S) groups is 1. The minimum absolute atomic E-state index is 0.0293. The topological polar surface area (TPSA) is 18.5 Å². The Kier molecular flexibility index (Phi) is 2.40. The summed E-state index contributed by atoms with van der Waals surface area (Å²) in [5.74, 6) is 7.15. The third-order valence-electron chi connectivity index (χ3n) is 10.2. The third-order valence-corrected chi connectivity index (χ3v) is 10.4. The molecule has 0 aromatic rings. The van der Waals surface area contributed by atoms with Crippen molar-refractivity contribution in [1.29, 1.82) is 0 Å². The minimum Gasteiger partial charge on any atom is -0.446 e. The van der Waals surface area contributed by atoms with Crippen LogP contribution in [0.2, 0.25) is 0 Å². The summed E-state index contributed by atoms with van der Waals surface area (Å²) in [6, 6.07) is 0. The smallest absolute Gasteiger partial charge is 0.353 e. The molecular formula is C21H28O2S. The quantitative estimate of drug-likeness (QED) is 0.593. The molecule has 1 heterocycles. The predicted octanol–water partition coefficient (Wildman–Crippen LogP) is 4.71. The lowest BCUT2D eigenvalue weighted by Gasteiger charge is -2.44. The predicted molar refractivity (Wildman–Crippen MR) is 94.3 cm³/mol. The molecule has 1 saturated heterocycles. The zero-order valence-electron chi connectivity index (χ0n) is 14.4. The maximum absolute atomic E-state index is 6.64. The lowest BCUT2D eigenvalue weighted by molar-refractivity contribution is -0.106. The van der Waals surface area contributed by atoms with Gasteiger partial charge < -0.3 is 9.47 Å². The van der Waals surface area contributed by atoms with Crippen LogP contribution in [0.1, 0.15) is 64.2 Å². The molecule has 3 heteroatoms. The zero-order valence-corrected chi connectivity index (χ0v) is 15.2. The maximum atomic E-state index is 6.64. The molecule has 0 aromatic carbocycles. The molecule has 6 saturated carbocycles. The number of hydrogen-bond acceptors (Lipinski definition) is 3. The van der Waals surface area contributed by atoms with Gasteiger partial charge in [-0.1, -0.05) is 0 Å². The van der Waals surface area contributed by atoms with Gasteiger partial charge in [0.15, 0.2) is 11.2 Å². The molecule has 2 nitrogen and oxygen atoms in total. The zero-order chi connectivity index (χ0) is 15.7. The second kappa shape index (κ2) is 4.15. The Bertz CT molecular complexity index is 581. The lowest BCUT2D eigenvalue weighted by atomic mass is 9.67. The van der Waals surface area contributed by atoms with Gasteiger partial charge in [-0.3, -0.25) is 0 Å². The Hall–Kier alpha value is -0.310. The van der Waals surface area contributed by atoms with E-state index in [1.165, 1.54) is 64.2 Å². The fourth-order valence-corrected chi connectivity index (χ4v) is 10.2. The highest BCUT2D eigenvalue weighted by Gasteiger charge is 2.79. The molecule has 0 bridgehead atoms. The third kappa shape index (κ3) is 1.29. The van der Waals surface area contributed by atoms with E-state index in [2.05, 4.69) is 0 Å². The van der Waals surface area contributed by atoms with Crippen LogP contribution in [0.5, 0.6) is 0 Å². The van der Waals surface area contributed by atoms with Gasteiger partial charge in [-0.25, -0.2) is 0 Å². The average molecular weight is 345 g/mol. The summed E-state index contributed by atoms with van der Waals surface area (Å²) in [7, 11) is 0. The largest absolute Gasteiger partial charge is 0.446 e. The van der Waals surface area contributed by atoms with Crippen molar-refractivity contribution < 1.29 is 9.47 Å². The summed E-state index contributed by atoms with van der Waals surface area (Å²) < 4.78 is 13.3. The highest BCUT2D eigenvalue weighted by atomic mass is 32.1. The van der Waals surface area contributed by atoms with Crippen LogP contribution in [0.25, 0.3) is 0 Å². The van der Waals surface area contributed by atoms with Crippen molar-refractivity contribution in [3.05, 3.63) is 0 Å². The summed E-state index contributed by atoms with van der Waals surface area (Å²) in [6.45, 7) is 0. The second-order valence-electron chi connectivity index (χ2n) is 10.4. The van der Waals surface area contributed by atoms with Crippen molar-refractivity contribution in [3.63, 3.8) is 0 Å². The Morgan fingerprint density at radius 2 is 1.04 bits per heavy atom. The van der Waals surface area contributed by atoms with Crippen molar-refractivity contribution in [1.82, 2.24) is 0 Å². The van der Waals surface area contributed by atoms with E-state index in [0.29, 0.717) is 5.24 Å².